The summed E-state index contributed by atoms with van der Waals surface area (Å²) in [6.07, 6.45) is 82.9. The maximum atomic E-state index is 12.9. The number of rotatable bonds is 63. The Morgan fingerprint density at radius 2 is 0.481 bits per heavy atom. The number of carbonyl (C=O) groups is 3. The highest BCUT2D eigenvalue weighted by atomic mass is 16.6. The van der Waals surface area contributed by atoms with Gasteiger partial charge in [-0.25, -0.2) is 0 Å². The molecule has 1 atom stereocenters. The Bertz CT molecular complexity index is 1330. The van der Waals surface area contributed by atoms with Crippen molar-refractivity contribution in [1.29, 1.82) is 0 Å². The van der Waals surface area contributed by atoms with Crippen molar-refractivity contribution < 1.29 is 28.6 Å². The van der Waals surface area contributed by atoms with Gasteiger partial charge in [-0.3, -0.25) is 14.4 Å². The Morgan fingerprint density at radius 1 is 0.260 bits per heavy atom. The Hall–Kier alpha value is -2.63. The lowest BCUT2D eigenvalue weighted by molar-refractivity contribution is -0.167. The number of unbranched alkanes of at least 4 members (excludes halogenated alkanes) is 44. The molecule has 0 radical (unpaired) electrons. The van der Waals surface area contributed by atoms with Crippen molar-refractivity contribution in [2.24, 2.45) is 0 Å². The first-order chi connectivity index (χ1) is 38.0. The summed E-state index contributed by atoms with van der Waals surface area (Å²) in [5.74, 6) is -0.858. The van der Waals surface area contributed by atoms with Gasteiger partial charge in [-0.2, -0.15) is 0 Å². The molecule has 77 heavy (non-hydrogen) atoms. The Balaban J connectivity index is 4.07. The molecule has 0 heterocycles. The topological polar surface area (TPSA) is 78.9 Å². The van der Waals surface area contributed by atoms with Crippen molar-refractivity contribution in [2.45, 2.75) is 374 Å². The van der Waals surface area contributed by atoms with Gasteiger partial charge in [-0.05, 0) is 77.0 Å². The van der Waals surface area contributed by atoms with E-state index >= 15 is 0 Å². The fraction of sp³-hybridized carbons (Fsp3) is 0.845. The van der Waals surface area contributed by atoms with Crippen LogP contribution in [0.2, 0.25) is 0 Å². The van der Waals surface area contributed by atoms with E-state index in [2.05, 4.69) is 69.4 Å². The van der Waals surface area contributed by atoms with Gasteiger partial charge in [-0.15, -0.1) is 0 Å². The molecule has 0 aliphatic carbocycles. The SMILES string of the molecule is CCCC/C=C\CCCCCCCC(=O)OCC(COC(=O)CCCCCCCCCCCCCCCCCCCC/C=C\C/C=C\C/C=C\CCCCCCC)OC(=O)CCCCCCCCCCCCCCCCC. The van der Waals surface area contributed by atoms with Gasteiger partial charge in [0, 0.05) is 19.3 Å². The summed E-state index contributed by atoms with van der Waals surface area (Å²) in [5, 5.41) is 0. The molecule has 0 rings (SSSR count). The van der Waals surface area contributed by atoms with Crippen molar-refractivity contribution in [2.75, 3.05) is 13.2 Å². The lowest BCUT2D eigenvalue weighted by Crippen LogP contribution is -2.30. The van der Waals surface area contributed by atoms with Crippen LogP contribution in [0.3, 0.4) is 0 Å². The third kappa shape index (κ3) is 64.1. The van der Waals surface area contributed by atoms with Crippen molar-refractivity contribution in [3.63, 3.8) is 0 Å². The minimum Gasteiger partial charge on any atom is -0.462 e. The molecule has 0 aliphatic heterocycles. The zero-order chi connectivity index (χ0) is 55.7. The summed E-state index contributed by atoms with van der Waals surface area (Å²) in [7, 11) is 0. The highest BCUT2D eigenvalue weighted by molar-refractivity contribution is 5.71. The van der Waals surface area contributed by atoms with E-state index in [0.29, 0.717) is 19.3 Å². The largest absolute Gasteiger partial charge is 0.462 e. The standard InChI is InChI=1S/C71H130O6/c1-4-7-10-13-16-19-22-24-26-27-28-29-30-31-32-33-34-35-36-37-38-39-40-41-42-43-45-46-49-52-55-58-61-64-70(73)76-67-68(66-75-69(72)63-60-57-54-51-48-21-18-15-12-9-6-3)77-71(74)65-62-59-56-53-50-47-44-25-23-20-17-14-11-8-5-2/h15,18,22,24,27-28,30-31,68H,4-14,16-17,19-21,23,25-26,29,32-67H2,1-3H3/b18-15-,24-22-,28-27-,31-30-. The van der Waals surface area contributed by atoms with E-state index in [0.717, 1.165) is 77.0 Å². The molecule has 6 nitrogen and oxygen atoms in total. The van der Waals surface area contributed by atoms with E-state index in [1.807, 2.05) is 0 Å². The highest BCUT2D eigenvalue weighted by Crippen LogP contribution is 2.18. The van der Waals surface area contributed by atoms with E-state index in [-0.39, 0.29) is 31.1 Å². The minimum atomic E-state index is -0.772. The van der Waals surface area contributed by atoms with E-state index < -0.39 is 6.10 Å². The first-order valence-corrected chi connectivity index (χ1v) is 34.1. The van der Waals surface area contributed by atoms with E-state index in [1.54, 1.807) is 0 Å². The maximum absolute atomic E-state index is 12.9. The van der Waals surface area contributed by atoms with Gasteiger partial charge in [0.1, 0.15) is 13.2 Å². The molecule has 0 aromatic heterocycles. The number of hydrogen-bond donors (Lipinski definition) is 0. The average Bonchev–Trinajstić information content (AvgIpc) is 3.43. The van der Waals surface area contributed by atoms with Gasteiger partial charge in [0.2, 0.25) is 0 Å². The van der Waals surface area contributed by atoms with Crippen molar-refractivity contribution >= 4 is 17.9 Å². The van der Waals surface area contributed by atoms with Crippen molar-refractivity contribution in [3.8, 4) is 0 Å². The summed E-state index contributed by atoms with van der Waals surface area (Å²) in [4.78, 5) is 38.2. The van der Waals surface area contributed by atoms with Gasteiger partial charge in [0.15, 0.2) is 6.10 Å². The van der Waals surface area contributed by atoms with Crippen LogP contribution in [-0.4, -0.2) is 37.2 Å². The van der Waals surface area contributed by atoms with Crippen LogP contribution >= 0.6 is 0 Å². The summed E-state index contributed by atoms with van der Waals surface area (Å²) in [5.41, 5.74) is 0. The van der Waals surface area contributed by atoms with Crippen LogP contribution in [0.5, 0.6) is 0 Å². The smallest absolute Gasteiger partial charge is 0.306 e. The molecule has 0 aliphatic rings. The summed E-state index contributed by atoms with van der Waals surface area (Å²) < 4.78 is 16.9. The van der Waals surface area contributed by atoms with Gasteiger partial charge in [0.25, 0.3) is 0 Å². The number of esters is 3. The van der Waals surface area contributed by atoms with E-state index in [4.69, 9.17) is 14.2 Å². The number of hydrogen-bond acceptors (Lipinski definition) is 6. The molecular formula is C71H130O6. The first kappa shape index (κ1) is 74.4. The normalized spacial score (nSPS) is 12.3. The summed E-state index contributed by atoms with van der Waals surface area (Å²) in [6.45, 7) is 6.64. The fourth-order valence-corrected chi connectivity index (χ4v) is 10.1. The number of ether oxygens (including phenoxy) is 3. The molecule has 0 N–H and O–H groups in total. The predicted octanol–water partition coefficient (Wildman–Crippen LogP) is 23.3. The van der Waals surface area contributed by atoms with Crippen LogP contribution in [0.4, 0.5) is 0 Å². The first-order valence-electron chi connectivity index (χ1n) is 34.1. The molecule has 0 saturated carbocycles. The monoisotopic (exact) mass is 1080 g/mol. The molecule has 6 heteroatoms. The number of allylic oxidation sites excluding steroid dienone is 8. The highest BCUT2D eigenvalue weighted by Gasteiger charge is 2.19. The molecule has 0 saturated heterocycles. The second kappa shape index (κ2) is 65.9. The van der Waals surface area contributed by atoms with Crippen LogP contribution in [0, 0.1) is 0 Å². The Morgan fingerprint density at radius 3 is 0.779 bits per heavy atom. The molecule has 0 bridgehead atoms. The molecule has 0 aromatic rings. The predicted molar refractivity (Wildman–Crippen MR) is 335 cm³/mol. The van der Waals surface area contributed by atoms with E-state index in [9.17, 15) is 14.4 Å². The van der Waals surface area contributed by atoms with Crippen molar-refractivity contribution in [1.82, 2.24) is 0 Å². The molecule has 0 amide bonds. The minimum absolute atomic E-state index is 0.0703. The summed E-state index contributed by atoms with van der Waals surface area (Å²) in [6, 6.07) is 0. The molecule has 0 aromatic carbocycles. The number of carbonyl (C=O) groups excluding carboxylic acids is 3. The van der Waals surface area contributed by atoms with Crippen molar-refractivity contribution in [3.05, 3.63) is 48.6 Å². The maximum Gasteiger partial charge on any atom is 0.306 e. The van der Waals surface area contributed by atoms with Crippen LogP contribution in [0.1, 0.15) is 367 Å². The van der Waals surface area contributed by atoms with Gasteiger partial charge in [0.05, 0.1) is 0 Å². The molecule has 0 fully saturated rings. The fourth-order valence-electron chi connectivity index (χ4n) is 10.1. The second-order valence-electron chi connectivity index (χ2n) is 23.1. The zero-order valence-electron chi connectivity index (χ0n) is 51.7. The third-order valence-electron chi connectivity index (χ3n) is 15.3. The van der Waals surface area contributed by atoms with Gasteiger partial charge >= 0.3 is 17.9 Å². The van der Waals surface area contributed by atoms with Gasteiger partial charge in [-0.1, -0.05) is 320 Å². The molecule has 450 valence electrons. The molecule has 1 unspecified atom stereocenters. The van der Waals surface area contributed by atoms with Gasteiger partial charge < -0.3 is 14.2 Å². The second-order valence-corrected chi connectivity index (χ2v) is 23.1. The lowest BCUT2D eigenvalue weighted by Gasteiger charge is -2.18. The quantitative estimate of drug-likeness (QED) is 0.0261. The lowest BCUT2D eigenvalue weighted by atomic mass is 10.0. The average molecular weight is 1080 g/mol. The van der Waals surface area contributed by atoms with Crippen LogP contribution in [0.15, 0.2) is 48.6 Å². The third-order valence-corrected chi connectivity index (χ3v) is 15.3. The summed E-state index contributed by atoms with van der Waals surface area (Å²) >= 11 is 0. The van der Waals surface area contributed by atoms with E-state index in [1.165, 1.54) is 250 Å². The van der Waals surface area contributed by atoms with Crippen LogP contribution < -0.4 is 0 Å². The molecule has 0 spiro atoms. The molecular weight excluding hydrogens is 949 g/mol. The van der Waals surface area contributed by atoms with Crippen LogP contribution in [-0.2, 0) is 28.6 Å². The Labute approximate surface area is 479 Å². The Kier molecular flexibility index (Phi) is 63.6. The zero-order valence-corrected chi connectivity index (χ0v) is 51.7. The van der Waals surface area contributed by atoms with Crippen LogP contribution in [0.25, 0.3) is 0 Å².